The molecule has 0 aromatic heterocycles. The average Bonchev–Trinajstić information content (AvgIpc) is 3.63. The molecule has 1 saturated carbocycles. The van der Waals surface area contributed by atoms with Gasteiger partial charge in [0.15, 0.2) is 0 Å². The van der Waals surface area contributed by atoms with Gasteiger partial charge in [-0.15, -0.1) is 0 Å². The molecule has 1 amide bonds. The molecular weight excluding hydrogens is 425 g/mol. The highest BCUT2D eigenvalue weighted by Crippen LogP contribution is 2.37. The molecule has 1 aromatic carbocycles. The van der Waals surface area contributed by atoms with Crippen LogP contribution in [0.15, 0.2) is 47.9 Å². The molecule has 10 heteroatoms. The summed E-state index contributed by atoms with van der Waals surface area (Å²) in [6.07, 6.45) is 1.32. The molecular formula is C22H27F3N4O3. The van der Waals surface area contributed by atoms with Gasteiger partial charge in [0.1, 0.15) is 23.4 Å². The van der Waals surface area contributed by atoms with Crippen molar-refractivity contribution in [3.63, 3.8) is 0 Å². The lowest BCUT2D eigenvalue weighted by Crippen LogP contribution is -2.48. The number of alkyl halides is 3. The molecule has 32 heavy (non-hydrogen) atoms. The molecule has 0 radical (unpaired) electrons. The summed E-state index contributed by atoms with van der Waals surface area (Å²) in [6, 6.07) is 5.27. The Kier molecular flexibility index (Phi) is 6.50. The van der Waals surface area contributed by atoms with Crippen LogP contribution in [0.1, 0.15) is 31.2 Å². The number of aliphatic hydroxyl groups is 1. The maximum absolute atomic E-state index is 13.2. The van der Waals surface area contributed by atoms with Gasteiger partial charge >= 0.3 is 6.18 Å². The van der Waals surface area contributed by atoms with Gasteiger partial charge in [-0.05, 0) is 43.0 Å². The Balaban J connectivity index is 1.27. The van der Waals surface area contributed by atoms with Gasteiger partial charge in [0, 0.05) is 32.5 Å². The zero-order valence-corrected chi connectivity index (χ0v) is 17.5. The summed E-state index contributed by atoms with van der Waals surface area (Å²) in [5.74, 6) is 0.624. The van der Waals surface area contributed by atoms with Crippen molar-refractivity contribution in [1.82, 2.24) is 21.1 Å². The molecule has 2 aliphatic heterocycles. The van der Waals surface area contributed by atoms with E-state index in [2.05, 4.69) is 16.2 Å². The summed E-state index contributed by atoms with van der Waals surface area (Å²) in [5.41, 5.74) is 5.44. The molecule has 0 bridgehead atoms. The Morgan fingerprint density at radius 2 is 1.88 bits per heavy atom. The van der Waals surface area contributed by atoms with E-state index >= 15 is 0 Å². The smallest absolute Gasteiger partial charge is 0.419 e. The van der Waals surface area contributed by atoms with Crippen molar-refractivity contribution in [2.45, 2.75) is 44.1 Å². The second-order valence-corrected chi connectivity index (χ2v) is 8.30. The fraction of sp³-hybridized carbons (Fsp3) is 0.500. The highest BCUT2D eigenvalue weighted by Gasteiger charge is 2.35. The van der Waals surface area contributed by atoms with Crippen LogP contribution in [-0.4, -0.2) is 47.8 Å². The van der Waals surface area contributed by atoms with Gasteiger partial charge in [-0.2, -0.15) is 13.2 Å². The number of nitrogens with one attached hydrogen (secondary N) is 3. The first-order chi connectivity index (χ1) is 15.3. The second-order valence-electron chi connectivity index (χ2n) is 8.30. The number of aliphatic hydroxyl groups excluding tert-OH is 1. The van der Waals surface area contributed by atoms with Crippen LogP contribution in [-0.2, 0) is 11.0 Å². The number of rotatable bonds is 7. The van der Waals surface area contributed by atoms with E-state index in [-0.39, 0.29) is 24.3 Å². The summed E-state index contributed by atoms with van der Waals surface area (Å²) >= 11 is 0. The maximum Gasteiger partial charge on any atom is 0.419 e. The Morgan fingerprint density at radius 3 is 2.50 bits per heavy atom. The Labute approximate surface area is 184 Å². The second kappa shape index (κ2) is 9.32. The predicted molar refractivity (Wildman–Crippen MR) is 111 cm³/mol. The van der Waals surface area contributed by atoms with Gasteiger partial charge in [-0.1, -0.05) is 12.1 Å². The van der Waals surface area contributed by atoms with Crippen molar-refractivity contribution in [3.05, 3.63) is 53.5 Å². The Bertz CT molecular complexity index is 891. The summed E-state index contributed by atoms with van der Waals surface area (Å²) in [7, 11) is 0. The lowest BCUT2D eigenvalue weighted by Gasteiger charge is -2.36. The minimum atomic E-state index is -4.45. The lowest BCUT2D eigenvalue weighted by molar-refractivity contribution is -0.139. The van der Waals surface area contributed by atoms with Crippen LogP contribution in [0.25, 0.3) is 0 Å². The van der Waals surface area contributed by atoms with Gasteiger partial charge < -0.3 is 20.1 Å². The van der Waals surface area contributed by atoms with Gasteiger partial charge in [0.2, 0.25) is 0 Å². The van der Waals surface area contributed by atoms with Crippen molar-refractivity contribution < 1.29 is 27.8 Å². The van der Waals surface area contributed by atoms with Crippen molar-refractivity contribution >= 4 is 5.91 Å². The molecule has 2 fully saturated rings. The summed E-state index contributed by atoms with van der Waals surface area (Å²) < 4.78 is 45.2. The Morgan fingerprint density at radius 1 is 1.16 bits per heavy atom. The standard InChI is InChI=1S/C22H27F3N4O3/c23-22(24,25)16-3-1-2-4-19(16)32-15-9-11-29(12-10-15)20-8-7-17(27-28-20)21(31)26-13-18(30)14-5-6-14/h1-4,7-8,14-15,18,27-28,30H,5-6,9-13H2,(H,26,31). The minimum Gasteiger partial charge on any atom is -0.490 e. The van der Waals surface area contributed by atoms with Gasteiger partial charge in [0.25, 0.3) is 5.91 Å². The number of likely N-dealkylation sites (tertiary alicyclic amines) is 1. The summed E-state index contributed by atoms with van der Waals surface area (Å²) in [5, 5.41) is 12.6. The van der Waals surface area contributed by atoms with Crippen LogP contribution in [0.2, 0.25) is 0 Å². The van der Waals surface area contributed by atoms with E-state index in [1.807, 2.05) is 4.90 Å². The largest absolute Gasteiger partial charge is 0.490 e. The molecule has 7 nitrogen and oxygen atoms in total. The zero-order valence-electron chi connectivity index (χ0n) is 17.5. The SMILES string of the molecule is O=C(NCC(O)C1CC1)C1=CC=C(N2CCC(Oc3ccccc3C(F)(F)F)CC2)NN1. The molecule has 4 N–H and O–H groups in total. The monoisotopic (exact) mass is 452 g/mol. The first-order valence-corrected chi connectivity index (χ1v) is 10.8. The van der Waals surface area contributed by atoms with Gasteiger partial charge in [0.05, 0.1) is 11.7 Å². The number of hydrogen-bond acceptors (Lipinski definition) is 6. The van der Waals surface area contributed by atoms with E-state index in [1.54, 1.807) is 12.2 Å². The van der Waals surface area contributed by atoms with E-state index in [9.17, 15) is 23.1 Å². The van der Waals surface area contributed by atoms with Crippen LogP contribution in [0.5, 0.6) is 5.75 Å². The number of piperidine rings is 1. The average molecular weight is 452 g/mol. The van der Waals surface area contributed by atoms with Crippen LogP contribution < -0.4 is 20.9 Å². The number of nitrogens with zero attached hydrogens (tertiary/aromatic N) is 1. The third-order valence-electron chi connectivity index (χ3n) is 5.88. The molecule has 2 heterocycles. The van der Waals surface area contributed by atoms with Crippen molar-refractivity contribution in [1.29, 1.82) is 0 Å². The van der Waals surface area contributed by atoms with Crippen molar-refractivity contribution in [2.75, 3.05) is 19.6 Å². The summed E-state index contributed by atoms with van der Waals surface area (Å²) in [6.45, 7) is 1.43. The fourth-order valence-electron chi connectivity index (χ4n) is 3.83. The molecule has 174 valence electrons. The first kappa shape index (κ1) is 22.3. The molecule has 1 saturated heterocycles. The highest BCUT2D eigenvalue weighted by molar-refractivity contribution is 5.93. The zero-order chi connectivity index (χ0) is 22.7. The van der Waals surface area contributed by atoms with Crippen LogP contribution in [0.3, 0.4) is 0 Å². The van der Waals surface area contributed by atoms with Crippen LogP contribution >= 0.6 is 0 Å². The van der Waals surface area contributed by atoms with E-state index < -0.39 is 17.8 Å². The van der Waals surface area contributed by atoms with E-state index in [0.717, 1.165) is 24.7 Å². The number of ether oxygens (including phenoxy) is 1. The molecule has 1 atom stereocenters. The third kappa shape index (κ3) is 5.48. The van der Waals surface area contributed by atoms with Crippen LogP contribution in [0.4, 0.5) is 13.2 Å². The lowest BCUT2D eigenvalue weighted by atomic mass is 10.1. The summed E-state index contributed by atoms with van der Waals surface area (Å²) in [4.78, 5) is 14.3. The van der Waals surface area contributed by atoms with Crippen molar-refractivity contribution in [2.24, 2.45) is 5.92 Å². The number of halogens is 3. The molecule has 1 aliphatic carbocycles. The quantitative estimate of drug-likeness (QED) is 0.508. The van der Waals surface area contributed by atoms with E-state index in [0.29, 0.717) is 37.5 Å². The van der Waals surface area contributed by atoms with E-state index in [4.69, 9.17) is 4.74 Å². The molecule has 1 aromatic rings. The predicted octanol–water partition coefficient (Wildman–Crippen LogP) is 2.27. The molecule has 4 rings (SSSR count). The minimum absolute atomic E-state index is 0.138. The number of hydrogen-bond donors (Lipinski definition) is 4. The van der Waals surface area contributed by atoms with Crippen LogP contribution in [0, 0.1) is 5.92 Å². The number of carbonyl (C=O) groups is 1. The van der Waals surface area contributed by atoms with Crippen molar-refractivity contribution in [3.8, 4) is 5.75 Å². The first-order valence-electron chi connectivity index (χ1n) is 10.8. The maximum atomic E-state index is 13.2. The Hall–Kier alpha value is -2.88. The van der Waals surface area contributed by atoms with Gasteiger partial charge in [-0.3, -0.25) is 15.6 Å². The van der Waals surface area contributed by atoms with E-state index in [1.165, 1.54) is 18.2 Å². The topological polar surface area (TPSA) is 85.9 Å². The highest BCUT2D eigenvalue weighted by atomic mass is 19.4. The number of allylic oxidation sites excluding steroid dienone is 2. The number of carbonyl (C=O) groups excluding carboxylic acids is 1. The number of benzene rings is 1. The molecule has 1 unspecified atom stereocenters. The number of amides is 1. The third-order valence-corrected chi connectivity index (χ3v) is 5.88. The molecule has 3 aliphatic rings. The fourth-order valence-corrected chi connectivity index (χ4v) is 3.83. The number of para-hydroxylation sites is 1. The van der Waals surface area contributed by atoms with Gasteiger partial charge in [-0.25, -0.2) is 0 Å². The molecule has 0 spiro atoms. The number of hydrazine groups is 1. The normalized spacial score (nSPS) is 20.4.